The van der Waals surface area contributed by atoms with E-state index >= 15 is 0 Å². The maximum Gasteiger partial charge on any atom is 0.161 e. The highest BCUT2D eigenvalue weighted by atomic mass is 16.6. The van der Waals surface area contributed by atoms with Gasteiger partial charge in [0.1, 0.15) is 12.7 Å². The van der Waals surface area contributed by atoms with E-state index in [2.05, 4.69) is 12.3 Å². The minimum Gasteiger partial charge on any atom is -0.486 e. The Labute approximate surface area is 120 Å². The second-order valence-electron chi connectivity index (χ2n) is 6.13. The third-order valence-corrected chi connectivity index (χ3v) is 4.69. The lowest BCUT2D eigenvalue weighted by molar-refractivity contribution is 0.0339. The molecule has 1 aromatic rings. The van der Waals surface area contributed by atoms with Crippen LogP contribution in [0.2, 0.25) is 0 Å². The summed E-state index contributed by atoms with van der Waals surface area (Å²) >= 11 is 0. The molecular weight excluding hydrogens is 252 g/mol. The summed E-state index contributed by atoms with van der Waals surface area (Å²) in [7, 11) is 0. The van der Waals surface area contributed by atoms with Crippen LogP contribution in [0, 0.1) is 11.8 Å². The molecule has 2 atom stereocenters. The smallest absolute Gasteiger partial charge is 0.161 e. The first-order chi connectivity index (χ1) is 9.78. The molecular formula is C16H24N2O2. The van der Waals surface area contributed by atoms with Crippen molar-refractivity contribution in [1.82, 2.24) is 5.43 Å². The van der Waals surface area contributed by atoms with Gasteiger partial charge >= 0.3 is 0 Å². The molecule has 1 aromatic carbocycles. The topological polar surface area (TPSA) is 56.5 Å². The lowest BCUT2D eigenvalue weighted by atomic mass is 9.78. The molecule has 1 aliphatic heterocycles. The average Bonchev–Trinajstić information content (AvgIpc) is 2.50. The van der Waals surface area contributed by atoms with Crippen molar-refractivity contribution in [3.8, 4) is 11.5 Å². The lowest BCUT2D eigenvalue weighted by Gasteiger charge is -2.38. The summed E-state index contributed by atoms with van der Waals surface area (Å²) in [6, 6.07) is 7.99. The maximum absolute atomic E-state index is 6.10. The molecule has 110 valence electrons. The number of hydrogen-bond donors (Lipinski definition) is 2. The minimum atomic E-state index is -0.00620. The first kappa shape index (κ1) is 13.7. The molecule has 0 saturated heterocycles. The SMILES string of the molecule is CC1CCC(C(NN)C2COc3ccccc3O2)CC1. The highest BCUT2D eigenvalue weighted by Crippen LogP contribution is 2.36. The van der Waals surface area contributed by atoms with Crippen LogP contribution in [-0.2, 0) is 0 Å². The number of hydrogen-bond acceptors (Lipinski definition) is 4. The summed E-state index contributed by atoms with van der Waals surface area (Å²) in [5.74, 6) is 8.88. The van der Waals surface area contributed by atoms with Gasteiger partial charge in [0.05, 0.1) is 6.04 Å². The van der Waals surface area contributed by atoms with Gasteiger partial charge in [-0.15, -0.1) is 0 Å². The van der Waals surface area contributed by atoms with Gasteiger partial charge in [0.2, 0.25) is 0 Å². The molecule has 20 heavy (non-hydrogen) atoms. The first-order valence-corrected chi connectivity index (χ1v) is 7.62. The summed E-state index contributed by atoms with van der Waals surface area (Å²) in [4.78, 5) is 0. The average molecular weight is 276 g/mol. The fraction of sp³-hybridized carbons (Fsp3) is 0.625. The van der Waals surface area contributed by atoms with Crippen molar-refractivity contribution in [3.63, 3.8) is 0 Å². The molecule has 1 heterocycles. The van der Waals surface area contributed by atoms with Crippen LogP contribution in [0.4, 0.5) is 0 Å². The number of rotatable bonds is 3. The molecule has 4 nitrogen and oxygen atoms in total. The molecule has 0 spiro atoms. The van der Waals surface area contributed by atoms with Crippen molar-refractivity contribution >= 4 is 0 Å². The number of para-hydroxylation sites is 2. The van der Waals surface area contributed by atoms with Crippen LogP contribution >= 0.6 is 0 Å². The second-order valence-corrected chi connectivity index (χ2v) is 6.13. The molecule has 1 aliphatic carbocycles. The second kappa shape index (κ2) is 6.02. The van der Waals surface area contributed by atoms with Crippen LogP contribution in [0.5, 0.6) is 11.5 Å². The number of fused-ring (bicyclic) bond motifs is 1. The van der Waals surface area contributed by atoms with E-state index in [1.54, 1.807) is 0 Å². The fourth-order valence-electron chi connectivity index (χ4n) is 3.40. The quantitative estimate of drug-likeness (QED) is 0.658. The highest BCUT2D eigenvalue weighted by molar-refractivity contribution is 5.40. The van der Waals surface area contributed by atoms with Crippen molar-refractivity contribution in [1.29, 1.82) is 0 Å². The Balaban J connectivity index is 1.68. The van der Waals surface area contributed by atoms with Gasteiger partial charge in [-0.05, 0) is 36.8 Å². The molecule has 0 aromatic heterocycles. The summed E-state index contributed by atoms with van der Waals surface area (Å²) in [5.41, 5.74) is 2.98. The molecule has 4 heteroatoms. The third-order valence-electron chi connectivity index (χ3n) is 4.69. The van der Waals surface area contributed by atoms with Crippen molar-refractivity contribution in [3.05, 3.63) is 24.3 Å². The highest BCUT2D eigenvalue weighted by Gasteiger charge is 2.35. The molecule has 2 aliphatic rings. The summed E-state index contributed by atoms with van der Waals surface area (Å²) in [6.07, 6.45) is 5.00. The molecule has 0 radical (unpaired) electrons. The third kappa shape index (κ3) is 2.76. The van der Waals surface area contributed by atoms with E-state index in [1.165, 1.54) is 25.7 Å². The molecule has 1 fully saturated rings. The van der Waals surface area contributed by atoms with E-state index in [4.69, 9.17) is 15.3 Å². The van der Waals surface area contributed by atoms with Gasteiger partial charge < -0.3 is 9.47 Å². The predicted octanol–water partition coefficient (Wildman–Crippen LogP) is 2.48. The van der Waals surface area contributed by atoms with E-state index < -0.39 is 0 Å². The Morgan fingerprint density at radius 2 is 1.85 bits per heavy atom. The fourth-order valence-corrected chi connectivity index (χ4v) is 3.40. The molecule has 0 amide bonds. The molecule has 1 saturated carbocycles. The van der Waals surface area contributed by atoms with Crippen molar-refractivity contribution in [2.75, 3.05) is 6.61 Å². The van der Waals surface area contributed by atoms with E-state index in [-0.39, 0.29) is 12.1 Å². The van der Waals surface area contributed by atoms with Gasteiger partial charge in [-0.3, -0.25) is 11.3 Å². The van der Waals surface area contributed by atoms with Crippen LogP contribution in [0.1, 0.15) is 32.6 Å². The Morgan fingerprint density at radius 1 is 1.15 bits per heavy atom. The van der Waals surface area contributed by atoms with Crippen LogP contribution in [-0.4, -0.2) is 18.8 Å². The van der Waals surface area contributed by atoms with Gasteiger partial charge in [0.15, 0.2) is 11.5 Å². The molecule has 3 N–H and O–H groups in total. The van der Waals surface area contributed by atoms with Gasteiger partial charge in [0.25, 0.3) is 0 Å². The largest absolute Gasteiger partial charge is 0.486 e. The van der Waals surface area contributed by atoms with E-state index in [1.807, 2.05) is 24.3 Å². The normalized spacial score (nSPS) is 30.8. The monoisotopic (exact) mass is 276 g/mol. The van der Waals surface area contributed by atoms with Gasteiger partial charge in [0, 0.05) is 0 Å². The van der Waals surface area contributed by atoms with E-state index in [9.17, 15) is 0 Å². The Hall–Kier alpha value is -1.26. The van der Waals surface area contributed by atoms with Crippen molar-refractivity contribution < 1.29 is 9.47 Å². The van der Waals surface area contributed by atoms with E-state index in [0.29, 0.717) is 12.5 Å². The zero-order valence-corrected chi connectivity index (χ0v) is 12.0. The zero-order chi connectivity index (χ0) is 13.9. The van der Waals surface area contributed by atoms with Crippen LogP contribution in [0.15, 0.2) is 24.3 Å². The van der Waals surface area contributed by atoms with Gasteiger partial charge in [-0.1, -0.05) is 31.9 Å². The van der Waals surface area contributed by atoms with Crippen LogP contribution in [0.25, 0.3) is 0 Å². The van der Waals surface area contributed by atoms with Crippen molar-refractivity contribution in [2.45, 2.75) is 44.8 Å². The predicted molar refractivity (Wildman–Crippen MR) is 78.6 cm³/mol. The number of nitrogens with one attached hydrogen (secondary N) is 1. The van der Waals surface area contributed by atoms with Gasteiger partial charge in [-0.2, -0.15) is 0 Å². The lowest BCUT2D eigenvalue weighted by Crippen LogP contribution is -2.54. The molecule has 2 unspecified atom stereocenters. The van der Waals surface area contributed by atoms with Crippen molar-refractivity contribution in [2.24, 2.45) is 17.7 Å². The summed E-state index contributed by atoms with van der Waals surface area (Å²) in [6.45, 7) is 2.90. The standard InChI is InChI=1S/C16H24N2O2/c1-11-6-8-12(9-7-11)16(18-17)15-10-19-13-4-2-3-5-14(13)20-15/h2-5,11-12,15-16,18H,6-10,17H2,1H3. The molecule has 0 bridgehead atoms. The Kier molecular flexibility index (Phi) is 4.13. The summed E-state index contributed by atoms with van der Waals surface area (Å²) in [5, 5.41) is 0. The van der Waals surface area contributed by atoms with Gasteiger partial charge in [-0.25, -0.2) is 0 Å². The number of ether oxygens (including phenoxy) is 2. The maximum atomic E-state index is 6.10. The number of nitrogens with two attached hydrogens (primary N) is 1. The Bertz CT molecular complexity index is 444. The molecule has 3 rings (SSSR count). The van der Waals surface area contributed by atoms with Crippen LogP contribution < -0.4 is 20.7 Å². The zero-order valence-electron chi connectivity index (χ0n) is 12.0. The number of benzene rings is 1. The minimum absolute atomic E-state index is 0.00620. The summed E-state index contributed by atoms with van der Waals surface area (Å²) < 4.78 is 11.9. The number of hydrazine groups is 1. The van der Waals surface area contributed by atoms with Crippen LogP contribution in [0.3, 0.4) is 0 Å². The van der Waals surface area contributed by atoms with E-state index in [0.717, 1.165) is 17.4 Å². The first-order valence-electron chi connectivity index (χ1n) is 7.62. The Morgan fingerprint density at radius 3 is 2.55 bits per heavy atom.